The summed E-state index contributed by atoms with van der Waals surface area (Å²) in [4.78, 5) is 31.1. The maximum absolute atomic E-state index is 12.4. The summed E-state index contributed by atoms with van der Waals surface area (Å²) in [6.07, 6.45) is 7.98. The van der Waals surface area contributed by atoms with Crippen molar-refractivity contribution in [2.24, 2.45) is 10.7 Å². The lowest BCUT2D eigenvalue weighted by atomic mass is 9.95. The zero-order chi connectivity index (χ0) is 22.7. The van der Waals surface area contributed by atoms with Crippen LogP contribution in [0.2, 0.25) is 0 Å². The van der Waals surface area contributed by atoms with Crippen molar-refractivity contribution in [3.05, 3.63) is 60.3 Å². The molecule has 0 radical (unpaired) electrons. The number of allylic oxidation sites excluding steroid dienone is 1. The van der Waals surface area contributed by atoms with Crippen LogP contribution in [-0.4, -0.2) is 67.5 Å². The largest absolute Gasteiger partial charge is 0.403 e. The topological polar surface area (TPSA) is 147 Å². The molecule has 1 aliphatic heterocycles. The Morgan fingerprint density at radius 3 is 2.84 bits per heavy atom. The average Bonchev–Trinajstić information content (AvgIpc) is 3.41. The predicted molar refractivity (Wildman–Crippen MR) is 119 cm³/mol. The zero-order valence-corrected chi connectivity index (χ0v) is 17.7. The summed E-state index contributed by atoms with van der Waals surface area (Å²) in [7, 11) is 3.31. The number of aliphatic imine (C=N–C) groups is 1. The number of hydrogen-bond acceptors (Lipinski definition) is 9. The Morgan fingerprint density at radius 1 is 1.31 bits per heavy atom. The molecule has 1 amide bonds. The Balaban J connectivity index is 1.61. The number of nitrogens with zero attached hydrogens (tertiary/aromatic N) is 7. The van der Waals surface area contributed by atoms with Gasteiger partial charge in [0.1, 0.15) is 0 Å². The molecular formula is C21H23N9O2. The van der Waals surface area contributed by atoms with Crippen LogP contribution in [0.1, 0.15) is 12.0 Å². The first-order valence-corrected chi connectivity index (χ1v) is 9.89. The van der Waals surface area contributed by atoms with E-state index in [1.54, 1.807) is 44.8 Å². The normalized spacial score (nSPS) is 19.2. The minimum atomic E-state index is -1.56. The molecule has 164 valence electrons. The minimum absolute atomic E-state index is 0.320. The molecule has 4 heterocycles. The van der Waals surface area contributed by atoms with Gasteiger partial charge in [-0.3, -0.25) is 9.79 Å². The number of rotatable bonds is 6. The molecule has 11 heteroatoms. The van der Waals surface area contributed by atoms with Crippen LogP contribution in [0.5, 0.6) is 0 Å². The van der Waals surface area contributed by atoms with Crippen LogP contribution in [-0.2, 0) is 10.4 Å². The molecule has 0 bridgehead atoms. The molecule has 0 unspecified atom stereocenters. The van der Waals surface area contributed by atoms with Gasteiger partial charge in [0.15, 0.2) is 11.4 Å². The van der Waals surface area contributed by atoms with E-state index >= 15 is 0 Å². The minimum Gasteiger partial charge on any atom is -0.403 e. The van der Waals surface area contributed by atoms with Gasteiger partial charge in [-0.05, 0) is 18.2 Å². The van der Waals surface area contributed by atoms with E-state index in [0.29, 0.717) is 47.4 Å². The Bertz CT molecular complexity index is 1200. The number of aliphatic hydroxyl groups is 1. The lowest BCUT2D eigenvalue weighted by Crippen LogP contribution is -2.35. The number of anilines is 1. The fourth-order valence-electron chi connectivity index (χ4n) is 3.42. The number of carbonyl (C=O) groups is 1. The first kappa shape index (κ1) is 21.1. The fourth-order valence-corrected chi connectivity index (χ4v) is 3.42. The highest BCUT2D eigenvalue weighted by atomic mass is 16.3. The highest BCUT2D eigenvalue weighted by Gasteiger charge is 2.46. The molecule has 3 aromatic rings. The van der Waals surface area contributed by atoms with Crippen molar-refractivity contribution >= 4 is 18.1 Å². The lowest BCUT2D eigenvalue weighted by molar-refractivity contribution is -0.143. The van der Waals surface area contributed by atoms with Crippen LogP contribution >= 0.6 is 0 Å². The Morgan fingerprint density at radius 2 is 2.12 bits per heavy atom. The van der Waals surface area contributed by atoms with Crippen molar-refractivity contribution in [2.45, 2.75) is 12.0 Å². The summed E-state index contributed by atoms with van der Waals surface area (Å²) in [5, 5.41) is 18.1. The quantitative estimate of drug-likeness (QED) is 0.481. The van der Waals surface area contributed by atoms with Crippen molar-refractivity contribution in [1.82, 2.24) is 29.6 Å². The zero-order valence-electron chi connectivity index (χ0n) is 17.7. The molecule has 1 fully saturated rings. The van der Waals surface area contributed by atoms with Gasteiger partial charge in [0.05, 0.1) is 23.3 Å². The summed E-state index contributed by atoms with van der Waals surface area (Å²) < 4.78 is 1.52. The van der Waals surface area contributed by atoms with Gasteiger partial charge in [0, 0.05) is 57.4 Å². The van der Waals surface area contributed by atoms with Crippen LogP contribution in [0, 0.1) is 0 Å². The molecule has 1 atom stereocenters. The molecule has 11 nitrogen and oxygen atoms in total. The van der Waals surface area contributed by atoms with Gasteiger partial charge in [0.2, 0.25) is 5.95 Å². The van der Waals surface area contributed by atoms with Gasteiger partial charge < -0.3 is 21.1 Å². The molecule has 0 aliphatic carbocycles. The van der Waals surface area contributed by atoms with E-state index in [9.17, 15) is 9.90 Å². The Kier molecular flexibility index (Phi) is 5.65. The molecule has 3 aromatic heterocycles. The summed E-state index contributed by atoms with van der Waals surface area (Å²) in [6, 6.07) is 7.16. The number of pyridine rings is 1. The standard InChI is InChI=1S/C21H23N9O2/c1-23-12-15(10-22)26-20-24-8-6-17(28-20)16-4-3-5-18(27-16)30-13-14(11-25-30)21(32)7-9-29(2)19(21)31/h3-6,8,10-13,32H,7,9,22H2,1-2H3,(H,24,26,28)/b15-10+,23-12?/t21-/m0/s1. The van der Waals surface area contributed by atoms with E-state index < -0.39 is 5.60 Å². The number of hydrogen-bond donors (Lipinski definition) is 3. The van der Waals surface area contributed by atoms with E-state index in [2.05, 4.69) is 30.4 Å². The van der Waals surface area contributed by atoms with Gasteiger partial charge in [-0.2, -0.15) is 5.10 Å². The molecule has 32 heavy (non-hydrogen) atoms. The third-order valence-corrected chi connectivity index (χ3v) is 5.16. The molecular weight excluding hydrogens is 410 g/mol. The van der Waals surface area contributed by atoms with Gasteiger partial charge >= 0.3 is 0 Å². The number of nitrogens with two attached hydrogens (primary N) is 1. The number of likely N-dealkylation sites (N-methyl/N-ethyl adjacent to an activating group) is 1. The van der Waals surface area contributed by atoms with Crippen LogP contribution in [0.3, 0.4) is 0 Å². The second kappa shape index (κ2) is 8.55. The Hall–Kier alpha value is -4.12. The van der Waals surface area contributed by atoms with Crippen LogP contribution in [0.25, 0.3) is 17.2 Å². The van der Waals surface area contributed by atoms with Gasteiger partial charge in [-0.1, -0.05) is 6.07 Å². The highest BCUT2D eigenvalue weighted by molar-refractivity contribution is 5.88. The summed E-state index contributed by atoms with van der Waals surface area (Å²) in [6.45, 7) is 0.490. The number of likely N-dealkylation sites (tertiary alicyclic amines) is 1. The van der Waals surface area contributed by atoms with E-state index in [1.807, 2.05) is 12.1 Å². The summed E-state index contributed by atoms with van der Waals surface area (Å²) >= 11 is 0. The molecule has 1 aliphatic rings. The van der Waals surface area contributed by atoms with Crippen molar-refractivity contribution < 1.29 is 9.90 Å². The van der Waals surface area contributed by atoms with Crippen molar-refractivity contribution in [3.8, 4) is 17.2 Å². The summed E-state index contributed by atoms with van der Waals surface area (Å²) in [5.41, 5.74) is 6.20. The summed E-state index contributed by atoms with van der Waals surface area (Å²) in [5.74, 6) is 0.530. The third-order valence-electron chi connectivity index (χ3n) is 5.16. The molecule has 1 saturated heterocycles. The van der Waals surface area contributed by atoms with Crippen LogP contribution in [0.15, 0.2) is 59.7 Å². The second-order valence-electron chi connectivity index (χ2n) is 7.29. The first-order valence-electron chi connectivity index (χ1n) is 9.89. The van der Waals surface area contributed by atoms with E-state index in [1.165, 1.54) is 22.0 Å². The van der Waals surface area contributed by atoms with Crippen molar-refractivity contribution in [1.29, 1.82) is 0 Å². The van der Waals surface area contributed by atoms with E-state index in [0.717, 1.165) is 0 Å². The lowest BCUT2D eigenvalue weighted by Gasteiger charge is -2.18. The molecule has 0 saturated carbocycles. The number of aromatic nitrogens is 5. The maximum Gasteiger partial charge on any atom is 0.259 e. The van der Waals surface area contributed by atoms with Crippen LogP contribution < -0.4 is 11.1 Å². The van der Waals surface area contributed by atoms with Gasteiger partial charge in [-0.25, -0.2) is 19.6 Å². The smallest absolute Gasteiger partial charge is 0.259 e. The van der Waals surface area contributed by atoms with Gasteiger partial charge in [-0.15, -0.1) is 0 Å². The fraction of sp³-hybridized carbons (Fsp3) is 0.238. The van der Waals surface area contributed by atoms with Gasteiger partial charge in [0.25, 0.3) is 5.91 Å². The second-order valence-corrected chi connectivity index (χ2v) is 7.29. The number of amides is 1. The molecule has 0 aromatic carbocycles. The number of carbonyl (C=O) groups excluding carboxylic acids is 1. The van der Waals surface area contributed by atoms with Crippen molar-refractivity contribution in [2.75, 3.05) is 26.0 Å². The molecule has 4 N–H and O–H groups in total. The SMILES string of the molecule is CN=C/C(=C\N)Nc1nccc(-c2cccc(-n3cc([C@@]4(O)CCN(C)C4=O)cn3)n2)n1. The number of nitrogens with one attached hydrogen (secondary N) is 1. The average molecular weight is 433 g/mol. The molecule has 0 spiro atoms. The van der Waals surface area contributed by atoms with E-state index in [-0.39, 0.29) is 5.91 Å². The van der Waals surface area contributed by atoms with Crippen molar-refractivity contribution in [3.63, 3.8) is 0 Å². The first-order chi connectivity index (χ1) is 15.4. The molecule has 4 rings (SSSR count). The monoisotopic (exact) mass is 433 g/mol. The third kappa shape index (κ3) is 3.93. The predicted octanol–water partition coefficient (Wildman–Crippen LogP) is 0.687. The highest BCUT2D eigenvalue weighted by Crippen LogP contribution is 2.32. The van der Waals surface area contributed by atoms with Crippen LogP contribution in [0.4, 0.5) is 5.95 Å². The van der Waals surface area contributed by atoms with E-state index in [4.69, 9.17) is 5.73 Å². The Labute approximate surface area is 184 Å². The maximum atomic E-state index is 12.4.